The molecule has 1 rings (SSSR count). The Morgan fingerprint density at radius 2 is 2.60 bits per heavy atom. The number of morpholine rings is 1. The maximum atomic E-state index is 5.22. The first-order valence-corrected chi connectivity index (χ1v) is 4.03. The van der Waals surface area contributed by atoms with E-state index in [1.165, 1.54) is 6.42 Å². The van der Waals surface area contributed by atoms with Crippen LogP contribution in [-0.2, 0) is 4.74 Å². The first kappa shape index (κ1) is 8.02. The Hall–Kier alpha value is -0.0800. The second-order valence-corrected chi connectivity index (χ2v) is 2.87. The molecule has 2 unspecified atom stereocenters. The van der Waals surface area contributed by atoms with E-state index in [-0.39, 0.29) is 0 Å². The molecule has 1 heterocycles. The van der Waals surface area contributed by atoms with Crippen LogP contribution >= 0.6 is 0 Å². The molecule has 0 aromatic rings. The van der Waals surface area contributed by atoms with Gasteiger partial charge in [-0.1, -0.05) is 20.3 Å². The van der Waals surface area contributed by atoms with Crippen LogP contribution in [0.1, 0.15) is 20.3 Å². The molecule has 1 aliphatic heterocycles. The van der Waals surface area contributed by atoms with Gasteiger partial charge >= 0.3 is 0 Å². The second-order valence-electron chi connectivity index (χ2n) is 2.87. The van der Waals surface area contributed by atoms with Gasteiger partial charge in [0, 0.05) is 12.6 Å². The van der Waals surface area contributed by atoms with Crippen LogP contribution in [0.3, 0.4) is 0 Å². The monoisotopic (exact) mass is 142 g/mol. The van der Waals surface area contributed by atoms with Crippen LogP contribution < -0.4 is 5.32 Å². The summed E-state index contributed by atoms with van der Waals surface area (Å²) >= 11 is 0. The van der Waals surface area contributed by atoms with Crippen molar-refractivity contribution < 1.29 is 4.74 Å². The number of hydrogen-bond acceptors (Lipinski definition) is 2. The predicted octanol–water partition coefficient (Wildman–Crippen LogP) is 1.18. The normalized spacial score (nSPS) is 30.0. The zero-order valence-corrected chi connectivity index (χ0v) is 6.76. The van der Waals surface area contributed by atoms with Crippen molar-refractivity contribution in [1.29, 1.82) is 0 Å². The maximum absolute atomic E-state index is 5.22. The van der Waals surface area contributed by atoms with Crippen LogP contribution in [0.2, 0.25) is 0 Å². The van der Waals surface area contributed by atoms with E-state index in [1.807, 2.05) is 6.61 Å². The summed E-state index contributed by atoms with van der Waals surface area (Å²) in [4.78, 5) is 0. The summed E-state index contributed by atoms with van der Waals surface area (Å²) in [5, 5.41) is 3.39. The fraction of sp³-hybridized carbons (Fsp3) is 0.875. The Kier molecular flexibility index (Phi) is 3.16. The lowest BCUT2D eigenvalue weighted by atomic mass is 9.99. The molecular formula is C8H16NO. The molecule has 10 heavy (non-hydrogen) atoms. The van der Waals surface area contributed by atoms with Gasteiger partial charge in [0.05, 0.1) is 6.61 Å². The fourth-order valence-electron chi connectivity index (χ4n) is 1.09. The average molecular weight is 142 g/mol. The van der Waals surface area contributed by atoms with Gasteiger partial charge in [-0.25, -0.2) is 0 Å². The molecule has 2 heteroatoms. The van der Waals surface area contributed by atoms with Crippen LogP contribution in [0.25, 0.3) is 0 Å². The molecule has 59 valence electrons. The Labute approximate surface area is 63.0 Å². The largest absolute Gasteiger partial charge is 0.372 e. The lowest BCUT2D eigenvalue weighted by molar-refractivity contribution is 0.117. The summed E-state index contributed by atoms with van der Waals surface area (Å²) in [6.07, 6.45) is 1.21. The molecular weight excluding hydrogens is 126 g/mol. The van der Waals surface area contributed by atoms with Gasteiger partial charge in [-0.15, -0.1) is 0 Å². The summed E-state index contributed by atoms with van der Waals surface area (Å²) in [7, 11) is 0. The molecule has 0 aliphatic carbocycles. The molecule has 0 aromatic carbocycles. The van der Waals surface area contributed by atoms with Gasteiger partial charge in [-0.2, -0.15) is 0 Å². The van der Waals surface area contributed by atoms with Crippen molar-refractivity contribution in [3.8, 4) is 0 Å². The number of rotatable bonds is 2. The van der Waals surface area contributed by atoms with E-state index in [9.17, 15) is 0 Å². The lowest BCUT2D eigenvalue weighted by Crippen LogP contribution is -2.42. The van der Waals surface area contributed by atoms with Gasteiger partial charge in [0.15, 0.2) is 0 Å². The van der Waals surface area contributed by atoms with Crippen molar-refractivity contribution in [2.75, 3.05) is 13.2 Å². The third-order valence-electron chi connectivity index (χ3n) is 2.10. The standard InChI is InChI=1S/C8H16NO/c1-3-7(2)8-6-10-5-4-9-8/h6-9H,3-5H2,1-2H3. The number of nitrogens with one attached hydrogen (secondary N) is 1. The smallest absolute Gasteiger partial charge is 0.101 e. The first-order chi connectivity index (χ1) is 4.84. The van der Waals surface area contributed by atoms with Gasteiger partial charge in [-0.3, -0.25) is 0 Å². The van der Waals surface area contributed by atoms with Gasteiger partial charge in [0.1, 0.15) is 6.61 Å². The minimum Gasteiger partial charge on any atom is -0.372 e. The van der Waals surface area contributed by atoms with Gasteiger partial charge in [0.25, 0.3) is 0 Å². The van der Waals surface area contributed by atoms with E-state index in [2.05, 4.69) is 19.2 Å². The molecule has 1 radical (unpaired) electrons. The molecule has 0 bridgehead atoms. The quantitative estimate of drug-likeness (QED) is 0.625. The summed E-state index contributed by atoms with van der Waals surface area (Å²) in [5.41, 5.74) is 0. The van der Waals surface area contributed by atoms with Crippen molar-refractivity contribution in [3.05, 3.63) is 6.61 Å². The minimum atomic E-state index is 0.471. The van der Waals surface area contributed by atoms with Crippen LogP contribution in [0.15, 0.2) is 0 Å². The second kappa shape index (κ2) is 3.94. The topological polar surface area (TPSA) is 21.3 Å². The third kappa shape index (κ3) is 1.96. The molecule has 0 aromatic heterocycles. The lowest BCUT2D eigenvalue weighted by Gasteiger charge is -2.27. The van der Waals surface area contributed by atoms with Crippen molar-refractivity contribution in [2.45, 2.75) is 26.3 Å². The van der Waals surface area contributed by atoms with E-state index in [1.54, 1.807) is 0 Å². The van der Waals surface area contributed by atoms with Crippen LogP contribution in [-0.4, -0.2) is 19.2 Å². The Bertz CT molecular complexity index is 89.3. The highest BCUT2D eigenvalue weighted by atomic mass is 16.5. The zero-order valence-electron chi connectivity index (χ0n) is 6.76. The molecule has 2 atom stereocenters. The van der Waals surface area contributed by atoms with Crippen molar-refractivity contribution in [3.63, 3.8) is 0 Å². The number of hydrogen-bond donors (Lipinski definition) is 1. The Morgan fingerprint density at radius 3 is 3.10 bits per heavy atom. The van der Waals surface area contributed by atoms with Gasteiger partial charge < -0.3 is 10.1 Å². The van der Waals surface area contributed by atoms with Crippen molar-refractivity contribution in [1.82, 2.24) is 5.32 Å². The van der Waals surface area contributed by atoms with E-state index < -0.39 is 0 Å². The third-order valence-corrected chi connectivity index (χ3v) is 2.10. The van der Waals surface area contributed by atoms with Crippen LogP contribution in [0.5, 0.6) is 0 Å². The molecule has 0 spiro atoms. The van der Waals surface area contributed by atoms with Gasteiger partial charge in [-0.05, 0) is 5.92 Å². The van der Waals surface area contributed by atoms with Gasteiger partial charge in [0.2, 0.25) is 0 Å². The van der Waals surface area contributed by atoms with Crippen molar-refractivity contribution >= 4 is 0 Å². The summed E-state index contributed by atoms with van der Waals surface area (Å²) in [6, 6.07) is 0.471. The highest BCUT2D eigenvalue weighted by Crippen LogP contribution is 2.12. The minimum absolute atomic E-state index is 0.471. The highest BCUT2D eigenvalue weighted by molar-refractivity contribution is 4.82. The fourth-order valence-corrected chi connectivity index (χ4v) is 1.09. The molecule has 1 aliphatic rings. The molecule has 2 nitrogen and oxygen atoms in total. The average Bonchev–Trinajstić information content (AvgIpc) is 2.05. The first-order valence-electron chi connectivity index (χ1n) is 4.03. The summed E-state index contributed by atoms with van der Waals surface area (Å²) in [6.45, 7) is 8.19. The molecule has 0 saturated carbocycles. The van der Waals surface area contributed by atoms with Crippen LogP contribution in [0.4, 0.5) is 0 Å². The predicted molar refractivity (Wildman–Crippen MR) is 41.5 cm³/mol. The molecule has 0 amide bonds. The Morgan fingerprint density at radius 1 is 1.80 bits per heavy atom. The SMILES string of the molecule is CCC(C)C1[CH]OCCN1. The number of ether oxygens (including phenoxy) is 1. The molecule has 1 saturated heterocycles. The van der Waals surface area contributed by atoms with E-state index in [0.717, 1.165) is 13.2 Å². The maximum Gasteiger partial charge on any atom is 0.101 e. The molecule has 1 N–H and O–H groups in total. The van der Waals surface area contributed by atoms with E-state index in [0.29, 0.717) is 12.0 Å². The summed E-state index contributed by atoms with van der Waals surface area (Å²) < 4.78 is 5.22. The molecule has 1 fully saturated rings. The van der Waals surface area contributed by atoms with E-state index in [4.69, 9.17) is 4.74 Å². The van der Waals surface area contributed by atoms with Crippen LogP contribution in [0, 0.1) is 12.5 Å². The zero-order chi connectivity index (χ0) is 7.40. The Balaban J connectivity index is 2.24. The van der Waals surface area contributed by atoms with Crippen molar-refractivity contribution in [2.24, 2.45) is 5.92 Å². The highest BCUT2D eigenvalue weighted by Gasteiger charge is 2.18. The van der Waals surface area contributed by atoms with E-state index >= 15 is 0 Å². The summed E-state index contributed by atoms with van der Waals surface area (Å²) in [5.74, 6) is 0.695.